The average Bonchev–Trinajstić information content (AvgIpc) is 2.53. The summed E-state index contributed by atoms with van der Waals surface area (Å²) in [5.74, 6) is -0.331. The van der Waals surface area contributed by atoms with Crippen molar-refractivity contribution < 1.29 is 14.6 Å². The molecule has 0 saturated heterocycles. The fourth-order valence-electron chi connectivity index (χ4n) is 2.19. The van der Waals surface area contributed by atoms with Crippen LogP contribution in [0.2, 0.25) is 5.02 Å². The molecule has 22 heavy (non-hydrogen) atoms. The number of aryl methyl sites for hydroxylation is 1. The monoisotopic (exact) mass is 318 g/mol. The molecule has 0 saturated carbocycles. The summed E-state index contributed by atoms with van der Waals surface area (Å²) in [4.78, 5) is 11.9. The van der Waals surface area contributed by atoms with Crippen LogP contribution in [0.5, 0.6) is 0 Å². The van der Waals surface area contributed by atoms with Gasteiger partial charge in [-0.15, -0.1) is 0 Å². The van der Waals surface area contributed by atoms with Crippen LogP contribution in [-0.4, -0.2) is 17.2 Å². The van der Waals surface area contributed by atoms with Crippen LogP contribution in [0, 0.1) is 0 Å². The highest BCUT2D eigenvalue weighted by atomic mass is 35.5. The van der Waals surface area contributed by atoms with E-state index in [0.29, 0.717) is 17.0 Å². The SMILES string of the molecule is CC(OC(=O)CCc1ccccc1)C(O)c1ccccc1Cl. The minimum Gasteiger partial charge on any atom is -0.460 e. The molecule has 2 atom stereocenters. The summed E-state index contributed by atoms with van der Waals surface area (Å²) in [5.41, 5.74) is 1.64. The van der Waals surface area contributed by atoms with Crippen molar-refractivity contribution in [1.29, 1.82) is 0 Å². The van der Waals surface area contributed by atoms with E-state index in [2.05, 4.69) is 0 Å². The molecule has 0 aliphatic rings. The zero-order valence-electron chi connectivity index (χ0n) is 12.4. The number of halogens is 1. The molecule has 2 aromatic rings. The Labute approximate surface area is 135 Å². The van der Waals surface area contributed by atoms with E-state index in [1.54, 1.807) is 31.2 Å². The van der Waals surface area contributed by atoms with Crippen molar-refractivity contribution in [2.24, 2.45) is 0 Å². The molecule has 0 aliphatic carbocycles. The number of carbonyl (C=O) groups is 1. The molecule has 0 aromatic heterocycles. The Morgan fingerprint density at radius 1 is 1.14 bits per heavy atom. The first kappa shape index (κ1) is 16.5. The zero-order valence-corrected chi connectivity index (χ0v) is 13.2. The lowest BCUT2D eigenvalue weighted by Gasteiger charge is -2.20. The smallest absolute Gasteiger partial charge is 0.306 e. The highest BCUT2D eigenvalue weighted by Gasteiger charge is 2.22. The van der Waals surface area contributed by atoms with Crippen LogP contribution >= 0.6 is 11.6 Å². The number of hydrogen-bond acceptors (Lipinski definition) is 3. The van der Waals surface area contributed by atoms with Crippen molar-refractivity contribution in [3.05, 3.63) is 70.7 Å². The van der Waals surface area contributed by atoms with E-state index in [1.807, 2.05) is 30.3 Å². The van der Waals surface area contributed by atoms with Gasteiger partial charge in [0.15, 0.2) is 0 Å². The molecule has 4 heteroatoms. The summed E-state index contributed by atoms with van der Waals surface area (Å²) in [7, 11) is 0. The van der Waals surface area contributed by atoms with E-state index in [1.165, 1.54) is 0 Å². The number of benzene rings is 2. The van der Waals surface area contributed by atoms with Gasteiger partial charge < -0.3 is 9.84 Å². The van der Waals surface area contributed by atoms with Gasteiger partial charge in [0.05, 0.1) is 0 Å². The number of esters is 1. The number of hydrogen-bond donors (Lipinski definition) is 1. The van der Waals surface area contributed by atoms with E-state index in [0.717, 1.165) is 5.56 Å². The summed E-state index contributed by atoms with van der Waals surface area (Å²) in [6, 6.07) is 16.7. The predicted molar refractivity (Wildman–Crippen MR) is 86.7 cm³/mol. The number of ether oxygens (including phenoxy) is 1. The molecular formula is C18H19ClO3. The fraction of sp³-hybridized carbons (Fsp3) is 0.278. The van der Waals surface area contributed by atoms with E-state index in [-0.39, 0.29) is 12.4 Å². The van der Waals surface area contributed by atoms with Crippen molar-refractivity contribution in [2.45, 2.75) is 32.0 Å². The third kappa shape index (κ3) is 4.58. The van der Waals surface area contributed by atoms with Gasteiger partial charge in [0, 0.05) is 17.0 Å². The minimum atomic E-state index is -0.936. The molecule has 2 rings (SSSR count). The van der Waals surface area contributed by atoms with Gasteiger partial charge in [-0.2, -0.15) is 0 Å². The Morgan fingerprint density at radius 2 is 1.77 bits per heavy atom. The third-order valence-corrected chi connectivity index (χ3v) is 3.79. The normalized spacial score (nSPS) is 13.4. The number of aliphatic hydroxyl groups excluding tert-OH is 1. The van der Waals surface area contributed by atoms with Crippen molar-refractivity contribution in [3.8, 4) is 0 Å². The molecule has 0 radical (unpaired) electrons. The molecule has 116 valence electrons. The molecule has 1 N–H and O–H groups in total. The summed E-state index contributed by atoms with van der Waals surface area (Å²) in [5, 5.41) is 10.7. The maximum absolute atomic E-state index is 11.9. The maximum Gasteiger partial charge on any atom is 0.306 e. The second kappa shape index (κ2) is 7.97. The Morgan fingerprint density at radius 3 is 2.45 bits per heavy atom. The number of carbonyl (C=O) groups excluding carboxylic acids is 1. The van der Waals surface area contributed by atoms with Crippen LogP contribution in [0.15, 0.2) is 54.6 Å². The summed E-state index contributed by atoms with van der Waals surface area (Å²) < 4.78 is 5.30. The first-order valence-electron chi connectivity index (χ1n) is 7.24. The Kier molecular flexibility index (Phi) is 5.99. The predicted octanol–water partition coefficient (Wildman–Crippen LogP) is 3.94. The first-order chi connectivity index (χ1) is 10.6. The van der Waals surface area contributed by atoms with E-state index in [9.17, 15) is 9.90 Å². The molecule has 2 unspecified atom stereocenters. The van der Waals surface area contributed by atoms with Crippen molar-refractivity contribution in [2.75, 3.05) is 0 Å². The fourth-order valence-corrected chi connectivity index (χ4v) is 2.44. The van der Waals surface area contributed by atoms with Crippen LogP contribution in [0.1, 0.15) is 30.6 Å². The van der Waals surface area contributed by atoms with Gasteiger partial charge in [0.2, 0.25) is 0 Å². The topological polar surface area (TPSA) is 46.5 Å². The average molecular weight is 319 g/mol. The maximum atomic E-state index is 11.9. The van der Waals surface area contributed by atoms with Gasteiger partial charge in [0.1, 0.15) is 12.2 Å². The number of aliphatic hydroxyl groups is 1. The molecule has 0 bridgehead atoms. The lowest BCUT2D eigenvalue weighted by molar-refractivity contribution is -0.153. The van der Waals surface area contributed by atoms with Crippen molar-refractivity contribution in [1.82, 2.24) is 0 Å². The minimum absolute atomic E-state index is 0.281. The third-order valence-electron chi connectivity index (χ3n) is 3.45. The van der Waals surface area contributed by atoms with Crippen LogP contribution in [0.3, 0.4) is 0 Å². The quantitative estimate of drug-likeness (QED) is 0.821. The molecular weight excluding hydrogens is 300 g/mol. The Balaban J connectivity index is 1.87. The summed E-state index contributed by atoms with van der Waals surface area (Å²) in [6.45, 7) is 1.66. The van der Waals surface area contributed by atoms with Crippen LogP contribution in [0.25, 0.3) is 0 Å². The number of rotatable bonds is 6. The largest absolute Gasteiger partial charge is 0.460 e. The lowest BCUT2D eigenvalue weighted by atomic mass is 10.1. The first-order valence-corrected chi connectivity index (χ1v) is 7.61. The molecule has 0 heterocycles. The van der Waals surface area contributed by atoms with E-state index < -0.39 is 12.2 Å². The van der Waals surface area contributed by atoms with Gasteiger partial charge in [-0.1, -0.05) is 60.1 Å². The Hall–Kier alpha value is -1.84. The van der Waals surface area contributed by atoms with Gasteiger partial charge in [-0.05, 0) is 25.0 Å². The van der Waals surface area contributed by atoms with Crippen molar-refractivity contribution in [3.63, 3.8) is 0 Å². The molecule has 0 spiro atoms. The van der Waals surface area contributed by atoms with Crippen LogP contribution in [-0.2, 0) is 16.0 Å². The molecule has 0 amide bonds. The Bertz CT molecular complexity index is 613. The molecule has 0 aliphatic heterocycles. The lowest BCUT2D eigenvalue weighted by Crippen LogP contribution is -2.23. The molecule has 2 aromatic carbocycles. The zero-order chi connectivity index (χ0) is 15.9. The molecule has 0 fully saturated rings. The van der Waals surface area contributed by atoms with Gasteiger partial charge in [-0.3, -0.25) is 4.79 Å². The van der Waals surface area contributed by atoms with Gasteiger partial charge in [-0.25, -0.2) is 0 Å². The van der Waals surface area contributed by atoms with Crippen LogP contribution in [0.4, 0.5) is 0 Å². The van der Waals surface area contributed by atoms with E-state index in [4.69, 9.17) is 16.3 Å². The highest BCUT2D eigenvalue weighted by Crippen LogP contribution is 2.26. The second-order valence-electron chi connectivity index (χ2n) is 5.15. The highest BCUT2D eigenvalue weighted by molar-refractivity contribution is 6.31. The van der Waals surface area contributed by atoms with E-state index >= 15 is 0 Å². The summed E-state index contributed by atoms with van der Waals surface area (Å²) in [6.07, 6.45) is -0.685. The van der Waals surface area contributed by atoms with Crippen LogP contribution < -0.4 is 0 Å². The van der Waals surface area contributed by atoms with Gasteiger partial charge >= 0.3 is 5.97 Å². The summed E-state index contributed by atoms with van der Waals surface area (Å²) >= 11 is 6.04. The molecule has 3 nitrogen and oxygen atoms in total. The van der Waals surface area contributed by atoms with Gasteiger partial charge in [0.25, 0.3) is 0 Å². The van der Waals surface area contributed by atoms with Crippen molar-refractivity contribution >= 4 is 17.6 Å². The standard InChI is InChI=1S/C18H19ClO3/c1-13(18(21)15-9-5-6-10-16(15)19)22-17(20)12-11-14-7-3-2-4-8-14/h2-10,13,18,21H,11-12H2,1H3. The second-order valence-corrected chi connectivity index (χ2v) is 5.55.